The molecular formula is C23H36O2. The summed E-state index contributed by atoms with van der Waals surface area (Å²) in [4.78, 5) is 12.5. The van der Waals surface area contributed by atoms with Crippen molar-refractivity contribution in [2.45, 2.75) is 85.2 Å². The Labute approximate surface area is 153 Å². The minimum absolute atomic E-state index is 0.122. The Bertz CT molecular complexity index is 593. The highest BCUT2D eigenvalue weighted by Crippen LogP contribution is 2.67. The molecular weight excluding hydrogens is 308 g/mol. The highest BCUT2D eigenvalue weighted by atomic mass is 16.3. The van der Waals surface area contributed by atoms with Crippen molar-refractivity contribution in [3.63, 3.8) is 0 Å². The molecule has 0 saturated heterocycles. The van der Waals surface area contributed by atoms with Crippen LogP contribution < -0.4 is 0 Å². The van der Waals surface area contributed by atoms with Gasteiger partial charge in [0.2, 0.25) is 0 Å². The number of ketones is 1. The van der Waals surface area contributed by atoms with E-state index in [9.17, 15) is 9.90 Å². The number of aliphatic hydroxyl groups is 1. The Morgan fingerprint density at radius 2 is 2.00 bits per heavy atom. The summed E-state index contributed by atoms with van der Waals surface area (Å²) < 4.78 is 0. The van der Waals surface area contributed by atoms with E-state index in [1.807, 2.05) is 6.92 Å². The SMILES string of the molecule is CC[C@@H]1C[C@H]2[C@@H]3CC=C4C[C@@H](O)CC[C@]4(C)[C@H]3CC[C@]2(C)[C@H]1C(C)=O. The van der Waals surface area contributed by atoms with E-state index in [1.54, 1.807) is 5.57 Å². The molecule has 25 heavy (non-hydrogen) atoms. The zero-order chi connectivity index (χ0) is 18.0. The lowest BCUT2D eigenvalue weighted by Gasteiger charge is -2.57. The van der Waals surface area contributed by atoms with Gasteiger partial charge in [0.25, 0.3) is 0 Å². The van der Waals surface area contributed by atoms with Crippen LogP contribution in [0.15, 0.2) is 11.6 Å². The maximum Gasteiger partial charge on any atom is 0.133 e. The summed E-state index contributed by atoms with van der Waals surface area (Å²) in [7, 11) is 0. The molecule has 1 N–H and O–H groups in total. The van der Waals surface area contributed by atoms with Gasteiger partial charge >= 0.3 is 0 Å². The lowest BCUT2D eigenvalue weighted by molar-refractivity contribution is -0.129. The van der Waals surface area contributed by atoms with Crippen LogP contribution in [0.3, 0.4) is 0 Å². The van der Waals surface area contributed by atoms with Crippen LogP contribution in [0.25, 0.3) is 0 Å². The van der Waals surface area contributed by atoms with Gasteiger partial charge in [-0.05, 0) is 86.4 Å². The molecule has 0 aromatic carbocycles. The third-order valence-corrected chi connectivity index (χ3v) is 9.22. The molecule has 3 saturated carbocycles. The summed E-state index contributed by atoms with van der Waals surface area (Å²) in [5, 5.41) is 10.1. The van der Waals surface area contributed by atoms with Crippen LogP contribution in [0.5, 0.6) is 0 Å². The van der Waals surface area contributed by atoms with Crippen LogP contribution in [0.4, 0.5) is 0 Å². The third-order valence-electron chi connectivity index (χ3n) is 9.22. The molecule has 2 nitrogen and oxygen atoms in total. The first-order valence-electron chi connectivity index (χ1n) is 10.7. The van der Waals surface area contributed by atoms with E-state index in [2.05, 4.69) is 26.8 Å². The number of carbonyl (C=O) groups is 1. The summed E-state index contributed by atoms with van der Waals surface area (Å²) in [6.45, 7) is 9.05. The minimum Gasteiger partial charge on any atom is -0.393 e. The lowest BCUT2D eigenvalue weighted by Crippen LogP contribution is -2.51. The number of hydrogen-bond acceptors (Lipinski definition) is 2. The van der Waals surface area contributed by atoms with Gasteiger partial charge in [-0.2, -0.15) is 0 Å². The Morgan fingerprint density at radius 1 is 1.24 bits per heavy atom. The molecule has 2 heteroatoms. The molecule has 8 atom stereocenters. The quantitative estimate of drug-likeness (QED) is 0.703. The number of allylic oxidation sites excluding steroid dienone is 1. The number of hydrogen-bond donors (Lipinski definition) is 1. The highest BCUT2D eigenvalue weighted by molar-refractivity contribution is 5.80. The van der Waals surface area contributed by atoms with Gasteiger partial charge in [0, 0.05) is 5.92 Å². The molecule has 0 radical (unpaired) electrons. The molecule has 0 heterocycles. The summed E-state index contributed by atoms with van der Waals surface area (Å²) in [6, 6.07) is 0. The normalized spacial score (nSPS) is 52.0. The molecule has 3 fully saturated rings. The van der Waals surface area contributed by atoms with E-state index in [4.69, 9.17) is 0 Å². The van der Waals surface area contributed by atoms with Crippen molar-refractivity contribution in [3.05, 3.63) is 11.6 Å². The fraction of sp³-hybridized carbons (Fsp3) is 0.870. The molecule has 0 aromatic rings. The summed E-state index contributed by atoms with van der Waals surface area (Å²) in [5.74, 6) is 3.55. The Kier molecular flexibility index (Phi) is 4.22. The molecule has 4 aliphatic carbocycles. The van der Waals surface area contributed by atoms with Gasteiger partial charge in [0.05, 0.1) is 6.10 Å². The maximum atomic E-state index is 12.5. The van der Waals surface area contributed by atoms with Crippen LogP contribution in [-0.2, 0) is 4.79 Å². The molecule has 0 aliphatic heterocycles. The summed E-state index contributed by atoms with van der Waals surface area (Å²) >= 11 is 0. The average Bonchev–Trinajstić information content (AvgIpc) is 2.88. The number of aliphatic hydroxyl groups excluding tert-OH is 1. The van der Waals surface area contributed by atoms with Crippen LogP contribution in [0.2, 0.25) is 0 Å². The summed E-state index contributed by atoms with van der Waals surface area (Å²) in [6.07, 6.45) is 11.5. The van der Waals surface area contributed by atoms with Crippen molar-refractivity contribution in [1.29, 1.82) is 0 Å². The number of carbonyl (C=O) groups excluding carboxylic acids is 1. The van der Waals surface area contributed by atoms with Gasteiger partial charge in [-0.15, -0.1) is 0 Å². The van der Waals surface area contributed by atoms with E-state index < -0.39 is 0 Å². The highest BCUT2D eigenvalue weighted by Gasteiger charge is 2.61. The number of Topliss-reactive ketones (excluding diaryl/α,β-unsaturated/α-hetero) is 1. The van der Waals surface area contributed by atoms with Crippen molar-refractivity contribution >= 4 is 5.78 Å². The second-order valence-electron chi connectivity index (χ2n) is 10.2. The van der Waals surface area contributed by atoms with Gasteiger partial charge < -0.3 is 5.11 Å². The summed E-state index contributed by atoms with van der Waals surface area (Å²) in [5.41, 5.74) is 2.08. The largest absolute Gasteiger partial charge is 0.393 e. The van der Waals surface area contributed by atoms with Gasteiger partial charge in [-0.25, -0.2) is 0 Å². The smallest absolute Gasteiger partial charge is 0.133 e. The topological polar surface area (TPSA) is 37.3 Å². The van der Waals surface area contributed by atoms with Crippen LogP contribution in [0.1, 0.15) is 79.1 Å². The minimum atomic E-state index is -0.122. The van der Waals surface area contributed by atoms with Gasteiger partial charge in [-0.1, -0.05) is 38.8 Å². The number of rotatable bonds is 2. The first-order valence-corrected chi connectivity index (χ1v) is 10.7. The molecule has 0 amide bonds. The van der Waals surface area contributed by atoms with E-state index in [0.717, 1.165) is 37.5 Å². The van der Waals surface area contributed by atoms with E-state index >= 15 is 0 Å². The van der Waals surface area contributed by atoms with Crippen LogP contribution in [-0.4, -0.2) is 17.0 Å². The Hall–Kier alpha value is -0.630. The Balaban J connectivity index is 1.68. The standard InChI is InChI=1S/C23H36O2/c1-5-15-12-20-18-7-6-16-13-17(25)8-10-22(16,3)19(18)9-11-23(20,4)21(15)14(2)24/h6,15,17-21,25H,5,7-13H2,1-4H3/t15-,17+,18-,19+,20+,21+,22+,23+/m1/s1. The van der Waals surface area contributed by atoms with Gasteiger partial charge in [0.15, 0.2) is 0 Å². The fourth-order valence-corrected chi connectivity index (χ4v) is 8.02. The first kappa shape index (κ1) is 17.8. The predicted molar refractivity (Wildman–Crippen MR) is 101 cm³/mol. The molecule has 140 valence electrons. The van der Waals surface area contributed by atoms with Crippen molar-refractivity contribution in [2.24, 2.45) is 40.4 Å². The van der Waals surface area contributed by atoms with E-state index in [0.29, 0.717) is 23.0 Å². The van der Waals surface area contributed by atoms with Crippen molar-refractivity contribution < 1.29 is 9.90 Å². The van der Waals surface area contributed by atoms with Crippen LogP contribution in [0, 0.1) is 40.4 Å². The second-order valence-corrected chi connectivity index (χ2v) is 10.2. The first-order chi connectivity index (χ1) is 11.8. The zero-order valence-corrected chi connectivity index (χ0v) is 16.6. The van der Waals surface area contributed by atoms with Crippen molar-refractivity contribution in [3.8, 4) is 0 Å². The number of fused-ring (bicyclic) bond motifs is 5. The predicted octanol–water partition coefficient (Wildman–Crippen LogP) is 5.15. The zero-order valence-electron chi connectivity index (χ0n) is 16.6. The van der Waals surface area contributed by atoms with E-state index in [1.165, 1.54) is 25.7 Å². The molecule has 0 bridgehead atoms. The molecule has 4 rings (SSSR count). The maximum absolute atomic E-state index is 12.5. The van der Waals surface area contributed by atoms with Crippen molar-refractivity contribution in [1.82, 2.24) is 0 Å². The van der Waals surface area contributed by atoms with Crippen molar-refractivity contribution in [2.75, 3.05) is 0 Å². The fourth-order valence-electron chi connectivity index (χ4n) is 8.02. The lowest BCUT2D eigenvalue weighted by atomic mass is 9.47. The average molecular weight is 345 g/mol. The Morgan fingerprint density at radius 3 is 2.68 bits per heavy atom. The monoisotopic (exact) mass is 344 g/mol. The van der Waals surface area contributed by atoms with Gasteiger partial charge in [0.1, 0.15) is 5.78 Å². The van der Waals surface area contributed by atoms with E-state index in [-0.39, 0.29) is 17.4 Å². The van der Waals surface area contributed by atoms with Gasteiger partial charge in [-0.3, -0.25) is 4.79 Å². The third kappa shape index (κ3) is 2.42. The molecule has 0 aromatic heterocycles. The van der Waals surface area contributed by atoms with Crippen LogP contribution >= 0.6 is 0 Å². The molecule has 0 spiro atoms. The molecule has 0 unspecified atom stereocenters. The second kappa shape index (κ2) is 5.94. The molecule has 4 aliphatic rings.